The number of rotatable bonds is 4. The van der Waals surface area contributed by atoms with Crippen LogP contribution in [0.1, 0.15) is 22.5 Å². The molecule has 6 nitrogen and oxygen atoms in total. The Hall–Kier alpha value is -3.26. The van der Waals surface area contributed by atoms with Gasteiger partial charge in [0.25, 0.3) is 5.91 Å². The monoisotopic (exact) mass is 412 g/mol. The van der Waals surface area contributed by atoms with Gasteiger partial charge in [-0.15, -0.1) is 0 Å². The zero-order valence-corrected chi connectivity index (χ0v) is 16.9. The first kappa shape index (κ1) is 20.0. The number of nitrogens with zero attached hydrogens (tertiary/aromatic N) is 2. The average Bonchev–Trinajstić information content (AvgIpc) is 3.29. The van der Waals surface area contributed by atoms with Crippen molar-refractivity contribution in [1.29, 1.82) is 0 Å². The lowest BCUT2D eigenvalue weighted by Gasteiger charge is -2.20. The molecule has 1 fully saturated rings. The number of benzene rings is 2. The molecule has 1 aliphatic heterocycles. The Morgan fingerprint density at radius 3 is 2.63 bits per heavy atom. The van der Waals surface area contributed by atoms with E-state index in [0.29, 0.717) is 29.6 Å². The number of hydrogen-bond acceptors (Lipinski definition) is 3. The molecular weight excluding hydrogens is 390 g/mol. The summed E-state index contributed by atoms with van der Waals surface area (Å²) in [6.07, 6.45) is 0.643. The number of hydrogen-bond donors (Lipinski definition) is 2. The number of carbonyl (C=O) groups excluding carboxylic acids is 2. The van der Waals surface area contributed by atoms with E-state index in [0.717, 1.165) is 5.56 Å². The van der Waals surface area contributed by atoms with E-state index >= 15 is 0 Å². The number of carbonyl (C=O) groups is 2. The van der Waals surface area contributed by atoms with Crippen molar-refractivity contribution in [3.8, 4) is 0 Å². The number of aromatic nitrogens is 1. The maximum Gasteiger partial charge on any atom is 0.272 e. The van der Waals surface area contributed by atoms with Gasteiger partial charge in [-0.2, -0.15) is 0 Å². The molecule has 2 heterocycles. The number of aromatic amines is 1. The number of anilines is 2. The molecule has 1 aromatic heterocycles. The van der Waals surface area contributed by atoms with Crippen LogP contribution in [-0.2, 0) is 4.79 Å². The number of halogens is 2. The first-order valence-electron chi connectivity index (χ1n) is 9.62. The molecule has 1 saturated heterocycles. The number of nitrogens with one attached hydrogen (secondary N) is 2. The van der Waals surface area contributed by atoms with E-state index in [9.17, 15) is 18.4 Å². The fourth-order valence-corrected chi connectivity index (χ4v) is 3.85. The zero-order chi connectivity index (χ0) is 21.6. The molecule has 2 aromatic carbocycles. The van der Waals surface area contributed by atoms with Crippen molar-refractivity contribution in [3.05, 3.63) is 59.3 Å². The second kappa shape index (κ2) is 7.53. The highest BCUT2D eigenvalue weighted by molar-refractivity contribution is 6.07. The van der Waals surface area contributed by atoms with E-state index in [2.05, 4.69) is 10.3 Å². The molecule has 3 aromatic rings. The van der Waals surface area contributed by atoms with Crippen molar-refractivity contribution in [3.63, 3.8) is 0 Å². The average molecular weight is 412 g/mol. The number of amides is 2. The lowest BCUT2D eigenvalue weighted by Crippen LogP contribution is -2.37. The lowest BCUT2D eigenvalue weighted by molar-refractivity contribution is -0.120. The first-order valence-corrected chi connectivity index (χ1v) is 9.62. The van der Waals surface area contributed by atoms with Crippen LogP contribution in [0, 0.1) is 18.6 Å². The van der Waals surface area contributed by atoms with E-state index < -0.39 is 17.5 Å². The van der Waals surface area contributed by atoms with Crippen LogP contribution in [0.4, 0.5) is 20.2 Å². The molecule has 1 aliphatic rings. The maximum absolute atomic E-state index is 14.2. The smallest absolute Gasteiger partial charge is 0.272 e. The van der Waals surface area contributed by atoms with Crippen LogP contribution < -0.4 is 10.2 Å². The molecule has 0 unspecified atom stereocenters. The number of H-pyrrole nitrogens is 1. The molecule has 0 radical (unpaired) electrons. The Morgan fingerprint density at radius 2 is 1.97 bits per heavy atom. The van der Waals surface area contributed by atoms with Gasteiger partial charge in [0.15, 0.2) is 0 Å². The van der Waals surface area contributed by atoms with Crippen molar-refractivity contribution >= 4 is 34.1 Å². The molecule has 4 rings (SSSR count). The van der Waals surface area contributed by atoms with Gasteiger partial charge in [-0.05, 0) is 63.3 Å². The summed E-state index contributed by atoms with van der Waals surface area (Å²) in [6, 6.07) is 8.16. The van der Waals surface area contributed by atoms with Crippen LogP contribution >= 0.6 is 0 Å². The van der Waals surface area contributed by atoms with E-state index in [-0.39, 0.29) is 23.3 Å². The third-order valence-corrected chi connectivity index (χ3v) is 5.45. The van der Waals surface area contributed by atoms with Gasteiger partial charge < -0.3 is 15.2 Å². The number of fused-ring (bicyclic) bond motifs is 1. The quantitative estimate of drug-likeness (QED) is 0.687. The molecule has 1 atom stereocenters. The Morgan fingerprint density at radius 1 is 1.20 bits per heavy atom. The highest BCUT2D eigenvalue weighted by atomic mass is 19.1. The van der Waals surface area contributed by atoms with Gasteiger partial charge >= 0.3 is 0 Å². The Kier molecular flexibility index (Phi) is 5.03. The normalized spacial score (nSPS) is 16.7. The highest BCUT2D eigenvalue weighted by Crippen LogP contribution is 2.28. The SMILES string of the molecule is Cc1ccc(F)c2cc(C(=O)Nc3cc(F)cc(N4CC[C@@H](N(C)C)C4=O)c3)[nH]c12. The van der Waals surface area contributed by atoms with E-state index in [4.69, 9.17) is 0 Å². The summed E-state index contributed by atoms with van der Waals surface area (Å²) >= 11 is 0. The molecule has 8 heteroatoms. The molecule has 2 N–H and O–H groups in total. The topological polar surface area (TPSA) is 68.4 Å². The van der Waals surface area contributed by atoms with Gasteiger partial charge in [0.1, 0.15) is 17.3 Å². The molecule has 0 saturated carbocycles. The largest absolute Gasteiger partial charge is 0.350 e. The minimum atomic E-state index is -0.567. The van der Waals surface area contributed by atoms with Gasteiger partial charge in [0.05, 0.1) is 11.6 Å². The van der Waals surface area contributed by atoms with E-state index in [1.807, 2.05) is 25.9 Å². The van der Waals surface area contributed by atoms with Crippen LogP contribution in [0.5, 0.6) is 0 Å². The summed E-state index contributed by atoms with van der Waals surface area (Å²) in [5.41, 5.74) is 2.11. The van der Waals surface area contributed by atoms with Gasteiger partial charge in [0, 0.05) is 23.3 Å². The number of aryl methyl sites for hydroxylation is 1. The van der Waals surface area contributed by atoms with Crippen molar-refractivity contribution < 1.29 is 18.4 Å². The summed E-state index contributed by atoms with van der Waals surface area (Å²) in [4.78, 5) is 31.6. The molecule has 0 spiro atoms. The fraction of sp³-hybridized carbons (Fsp3) is 0.273. The first-order chi connectivity index (χ1) is 14.2. The molecule has 30 heavy (non-hydrogen) atoms. The van der Waals surface area contributed by atoms with Gasteiger partial charge in [-0.25, -0.2) is 8.78 Å². The van der Waals surface area contributed by atoms with E-state index in [1.165, 1.54) is 29.2 Å². The van der Waals surface area contributed by atoms with Crippen molar-refractivity contribution in [2.45, 2.75) is 19.4 Å². The molecule has 0 aliphatic carbocycles. The molecule has 156 valence electrons. The Bertz CT molecular complexity index is 1120. The van der Waals surface area contributed by atoms with Crippen LogP contribution in [-0.4, -0.2) is 48.4 Å². The van der Waals surface area contributed by atoms with Crippen LogP contribution in [0.25, 0.3) is 10.9 Å². The fourth-order valence-electron chi connectivity index (χ4n) is 3.85. The predicted molar refractivity (Wildman–Crippen MR) is 112 cm³/mol. The minimum absolute atomic E-state index is 0.107. The second-order valence-corrected chi connectivity index (χ2v) is 7.75. The van der Waals surface area contributed by atoms with Crippen molar-refractivity contribution in [2.24, 2.45) is 0 Å². The molecule has 0 bridgehead atoms. The summed E-state index contributed by atoms with van der Waals surface area (Å²) in [6.45, 7) is 2.28. The van der Waals surface area contributed by atoms with E-state index in [1.54, 1.807) is 12.1 Å². The second-order valence-electron chi connectivity index (χ2n) is 7.75. The van der Waals surface area contributed by atoms with Crippen molar-refractivity contribution in [2.75, 3.05) is 30.9 Å². The Labute approximate surface area is 172 Å². The lowest BCUT2D eigenvalue weighted by atomic mass is 10.1. The summed E-state index contributed by atoms with van der Waals surface area (Å²) in [5.74, 6) is -1.63. The van der Waals surface area contributed by atoms with Gasteiger partial charge in [0.2, 0.25) is 5.91 Å². The van der Waals surface area contributed by atoms with Gasteiger partial charge in [-0.3, -0.25) is 14.5 Å². The zero-order valence-electron chi connectivity index (χ0n) is 16.9. The van der Waals surface area contributed by atoms with Gasteiger partial charge in [-0.1, -0.05) is 6.07 Å². The third kappa shape index (κ3) is 3.54. The molecule has 2 amide bonds. The third-order valence-electron chi connectivity index (χ3n) is 5.45. The van der Waals surface area contributed by atoms with Crippen LogP contribution in [0.15, 0.2) is 36.4 Å². The summed E-state index contributed by atoms with van der Waals surface area (Å²) in [5, 5.41) is 2.95. The maximum atomic E-state index is 14.2. The number of likely N-dealkylation sites (N-methyl/N-ethyl adjacent to an activating group) is 1. The van der Waals surface area contributed by atoms with Crippen LogP contribution in [0.3, 0.4) is 0 Å². The van der Waals surface area contributed by atoms with Crippen LogP contribution in [0.2, 0.25) is 0 Å². The Balaban J connectivity index is 1.60. The summed E-state index contributed by atoms with van der Waals surface area (Å²) < 4.78 is 28.3. The van der Waals surface area contributed by atoms with Crippen molar-refractivity contribution in [1.82, 2.24) is 9.88 Å². The summed E-state index contributed by atoms with van der Waals surface area (Å²) in [7, 11) is 3.66. The predicted octanol–water partition coefficient (Wildman–Crippen LogP) is 3.67. The highest BCUT2D eigenvalue weighted by Gasteiger charge is 2.34. The minimum Gasteiger partial charge on any atom is -0.350 e. The standard InChI is InChI=1S/C22H22F2N4O2/c1-12-4-5-17(24)16-11-18(26-20(12)16)21(29)25-14-8-13(23)9-15(10-14)28-7-6-19(22(28)30)27(2)3/h4-5,8-11,19,26H,6-7H2,1-3H3,(H,25,29)/t19-/m1/s1. The molecular formula is C22H22F2N4O2.